The Morgan fingerprint density at radius 2 is 2.00 bits per heavy atom. The summed E-state index contributed by atoms with van der Waals surface area (Å²) in [5, 5.41) is 3.59. The maximum Gasteiger partial charge on any atom is 0.0732 e. The van der Waals surface area contributed by atoms with Crippen LogP contribution < -0.4 is 5.32 Å². The lowest BCUT2D eigenvalue weighted by molar-refractivity contribution is 0.0108. The highest BCUT2D eigenvalue weighted by Gasteiger charge is 2.23. The predicted octanol–water partition coefficient (Wildman–Crippen LogP) is 4.28. The van der Waals surface area contributed by atoms with Gasteiger partial charge in [-0.3, -0.25) is 0 Å². The quantitative estimate of drug-likeness (QED) is 0.816. The van der Waals surface area contributed by atoms with Gasteiger partial charge in [-0.05, 0) is 31.0 Å². The van der Waals surface area contributed by atoms with Crippen molar-refractivity contribution in [2.45, 2.75) is 57.8 Å². The van der Waals surface area contributed by atoms with Crippen LogP contribution in [0.2, 0.25) is 0 Å². The Kier molecular flexibility index (Phi) is 6.35. The van der Waals surface area contributed by atoms with E-state index in [1.54, 1.807) is 0 Å². The zero-order valence-corrected chi connectivity index (χ0v) is 13.3. The van der Waals surface area contributed by atoms with Gasteiger partial charge in [0.25, 0.3) is 0 Å². The molecule has 0 radical (unpaired) electrons. The summed E-state index contributed by atoms with van der Waals surface area (Å²) in [7, 11) is 0. The molecule has 1 saturated carbocycles. The summed E-state index contributed by atoms with van der Waals surface area (Å²) < 4.78 is 7.34. The monoisotopic (exact) mass is 325 g/mol. The maximum absolute atomic E-state index is 6.20. The van der Waals surface area contributed by atoms with E-state index in [4.69, 9.17) is 4.74 Å². The number of halogens is 1. The van der Waals surface area contributed by atoms with Crippen LogP contribution in [0.5, 0.6) is 0 Å². The van der Waals surface area contributed by atoms with Gasteiger partial charge in [0.1, 0.15) is 0 Å². The normalized spacial score (nSPS) is 24.1. The Labute approximate surface area is 125 Å². The fourth-order valence-electron chi connectivity index (χ4n) is 2.78. The first-order valence-electron chi connectivity index (χ1n) is 7.39. The molecule has 0 saturated heterocycles. The Morgan fingerprint density at radius 1 is 1.21 bits per heavy atom. The lowest BCUT2D eigenvalue weighted by atomic mass is 10.1. The van der Waals surface area contributed by atoms with E-state index in [9.17, 15) is 0 Å². The van der Waals surface area contributed by atoms with Gasteiger partial charge in [0.15, 0.2) is 0 Å². The van der Waals surface area contributed by atoms with Crippen molar-refractivity contribution in [3.63, 3.8) is 0 Å². The number of nitrogens with one attached hydrogen (secondary N) is 1. The second-order valence-electron chi connectivity index (χ2n) is 5.24. The standard InChI is InChI=1S/C16H24BrNO/c1-2-18-15-10-4-3-5-11-16(15)19-12-13-8-6-7-9-14(13)17/h6-9,15-16,18H,2-5,10-12H2,1H3. The fraction of sp³-hybridized carbons (Fsp3) is 0.625. The van der Waals surface area contributed by atoms with Crippen LogP contribution >= 0.6 is 15.9 Å². The zero-order chi connectivity index (χ0) is 13.5. The summed E-state index contributed by atoms with van der Waals surface area (Å²) in [6.07, 6.45) is 6.75. The van der Waals surface area contributed by atoms with Gasteiger partial charge in [0, 0.05) is 10.5 Å². The van der Waals surface area contributed by atoms with Crippen molar-refractivity contribution in [2.75, 3.05) is 6.54 Å². The van der Waals surface area contributed by atoms with Crippen LogP contribution in [-0.2, 0) is 11.3 Å². The van der Waals surface area contributed by atoms with Crippen molar-refractivity contribution >= 4 is 15.9 Å². The second-order valence-corrected chi connectivity index (χ2v) is 6.10. The van der Waals surface area contributed by atoms with Crippen molar-refractivity contribution in [1.29, 1.82) is 0 Å². The van der Waals surface area contributed by atoms with E-state index >= 15 is 0 Å². The number of hydrogen-bond acceptors (Lipinski definition) is 2. The van der Waals surface area contributed by atoms with Crippen molar-refractivity contribution in [1.82, 2.24) is 5.32 Å². The van der Waals surface area contributed by atoms with Gasteiger partial charge < -0.3 is 10.1 Å². The van der Waals surface area contributed by atoms with Crippen molar-refractivity contribution < 1.29 is 4.74 Å². The van der Waals surface area contributed by atoms with E-state index in [-0.39, 0.29) is 0 Å². The Hall–Kier alpha value is -0.380. The molecule has 2 rings (SSSR count). The highest BCUT2D eigenvalue weighted by atomic mass is 79.9. The van der Waals surface area contributed by atoms with E-state index in [2.05, 4.69) is 46.4 Å². The zero-order valence-electron chi connectivity index (χ0n) is 11.7. The summed E-state index contributed by atoms with van der Waals surface area (Å²) in [6.45, 7) is 3.91. The van der Waals surface area contributed by atoms with Crippen LogP contribution in [0.15, 0.2) is 28.7 Å². The predicted molar refractivity (Wildman–Crippen MR) is 83.3 cm³/mol. The van der Waals surface area contributed by atoms with Gasteiger partial charge in [-0.1, -0.05) is 60.3 Å². The summed E-state index contributed by atoms with van der Waals surface area (Å²) in [5.74, 6) is 0. The molecule has 106 valence electrons. The molecule has 2 atom stereocenters. The van der Waals surface area contributed by atoms with Gasteiger partial charge in [-0.25, -0.2) is 0 Å². The average molecular weight is 326 g/mol. The van der Waals surface area contributed by atoms with Crippen LogP contribution in [0.3, 0.4) is 0 Å². The number of likely N-dealkylation sites (N-methyl/N-ethyl adjacent to an activating group) is 1. The topological polar surface area (TPSA) is 21.3 Å². The molecule has 1 fully saturated rings. The molecular weight excluding hydrogens is 302 g/mol. The van der Waals surface area contributed by atoms with Crippen molar-refractivity contribution in [3.05, 3.63) is 34.3 Å². The van der Waals surface area contributed by atoms with Crippen LogP contribution in [0.4, 0.5) is 0 Å². The minimum absolute atomic E-state index is 0.356. The van der Waals surface area contributed by atoms with E-state index in [0.717, 1.165) is 11.0 Å². The van der Waals surface area contributed by atoms with E-state index in [0.29, 0.717) is 18.8 Å². The smallest absolute Gasteiger partial charge is 0.0732 e. The summed E-state index contributed by atoms with van der Waals surface area (Å²) in [6, 6.07) is 8.84. The van der Waals surface area contributed by atoms with Crippen LogP contribution in [-0.4, -0.2) is 18.7 Å². The van der Waals surface area contributed by atoms with Gasteiger partial charge >= 0.3 is 0 Å². The molecule has 0 spiro atoms. The molecule has 19 heavy (non-hydrogen) atoms. The van der Waals surface area contributed by atoms with Crippen LogP contribution in [0.25, 0.3) is 0 Å². The Bertz CT molecular complexity index is 383. The van der Waals surface area contributed by atoms with Crippen molar-refractivity contribution in [3.8, 4) is 0 Å². The number of hydrogen-bond donors (Lipinski definition) is 1. The molecule has 1 aromatic carbocycles. The van der Waals surface area contributed by atoms with Gasteiger partial charge in [-0.2, -0.15) is 0 Å². The minimum atomic E-state index is 0.356. The maximum atomic E-state index is 6.20. The van der Waals surface area contributed by atoms with Crippen LogP contribution in [0.1, 0.15) is 44.6 Å². The molecule has 0 heterocycles. The average Bonchev–Trinajstić information content (AvgIpc) is 2.64. The molecule has 0 aromatic heterocycles. The highest BCUT2D eigenvalue weighted by Crippen LogP contribution is 2.23. The summed E-state index contributed by atoms with van der Waals surface area (Å²) in [4.78, 5) is 0. The van der Waals surface area contributed by atoms with Gasteiger partial charge in [0.2, 0.25) is 0 Å². The first kappa shape index (κ1) is 15.0. The van der Waals surface area contributed by atoms with Gasteiger partial charge in [-0.15, -0.1) is 0 Å². The van der Waals surface area contributed by atoms with Crippen LogP contribution in [0, 0.1) is 0 Å². The van der Waals surface area contributed by atoms with E-state index < -0.39 is 0 Å². The van der Waals surface area contributed by atoms with Crippen molar-refractivity contribution in [2.24, 2.45) is 0 Å². The Morgan fingerprint density at radius 3 is 2.79 bits per heavy atom. The third kappa shape index (κ3) is 4.59. The first-order chi connectivity index (χ1) is 9.31. The molecule has 1 aliphatic rings. The van der Waals surface area contributed by atoms with E-state index in [1.165, 1.54) is 37.7 Å². The molecule has 0 bridgehead atoms. The molecule has 1 N–H and O–H groups in total. The third-order valence-electron chi connectivity index (χ3n) is 3.83. The molecule has 0 aliphatic heterocycles. The Balaban J connectivity index is 1.93. The molecule has 2 unspecified atom stereocenters. The lowest BCUT2D eigenvalue weighted by Crippen LogP contribution is -2.40. The molecule has 0 amide bonds. The molecule has 3 heteroatoms. The largest absolute Gasteiger partial charge is 0.372 e. The molecule has 1 aromatic rings. The van der Waals surface area contributed by atoms with Gasteiger partial charge in [0.05, 0.1) is 12.7 Å². The number of benzene rings is 1. The molecular formula is C16H24BrNO. The highest BCUT2D eigenvalue weighted by molar-refractivity contribution is 9.10. The first-order valence-corrected chi connectivity index (χ1v) is 8.19. The SMILES string of the molecule is CCNC1CCCCCC1OCc1ccccc1Br. The number of ether oxygens (including phenoxy) is 1. The summed E-state index contributed by atoms with van der Waals surface area (Å²) >= 11 is 3.59. The fourth-order valence-corrected chi connectivity index (χ4v) is 3.18. The third-order valence-corrected chi connectivity index (χ3v) is 4.60. The second kappa shape index (κ2) is 8.03. The number of rotatable bonds is 5. The van der Waals surface area contributed by atoms with E-state index in [1.807, 2.05) is 6.07 Å². The molecule has 2 nitrogen and oxygen atoms in total. The minimum Gasteiger partial charge on any atom is -0.372 e. The summed E-state index contributed by atoms with van der Waals surface area (Å²) in [5.41, 5.74) is 1.24. The molecule has 1 aliphatic carbocycles. The lowest BCUT2D eigenvalue weighted by Gasteiger charge is -2.26.